The molecule has 0 amide bonds. The average molecular weight is 412 g/mol. The largest absolute Gasteiger partial charge is 0.499 e. The van der Waals surface area contributed by atoms with E-state index < -0.39 is 0 Å². The van der Waals surface area contributed by atoms with E-state index in [1.54, 1.807) is 7.11 Å². The molecule has 4 aliphatic rings. The number of nitrogens with one attached hydrogen (secondary N) is 1. The lowest BCUT2D eigenvalue weighted by Gasteiger charge is -2.38. The zero-order chi connectivity index (χ0) is 20.9. The van der Waals surface area contributed by atoms with Crippen LogP contribution < -0.4 is 5.43 Å². The Balaban J connectivity index is 1.26. The minimum absolute atomic E-state index is 0.661. The number of methoxy groups -OCH3 is 1. The van der Waals surface area contributed by atoms with Crippen molar-refractivity contribution in [2.45, 2.75) is 39.5 Å². The van der Waals surface area contributed by atoms with Crippen LogP contribution in [0.2, 0.25) is 0 Å². The molecule has 2 aliphatic carbocycles. The molecule has 0 radical (unpaired) electrons. The lowest BCUT2D eigenvalue weighted by Crippen LogP contribution is -2.46. The maximum atomic E-state index is 5.62. The van der Waals surface area contributed by atoms with E-state index in [2.05, 4.69) is 69.5 Å². The second-order valence-corrected chi connectivity index (χ2v) is 8.94. The van der Waals surface area contributed by atoms with Gasteiger partial charge in [0, 0.05) is 51.3 Å². The van der Waals surface area contributed by atoms with Crippen LogP contribution in [0.1, 0.15) is 39.5 Å². The van der Waals surface area contributed by atoms with Crippen molar-refractivity contribution in [3.8, 4) is 0 Å². The van der Waals surface area contributed by atoms with Crippen LogP contribution in [0.3, 0.4) is 0 Å². The van der Waals surface area contributed by atoms with E-state index in [9.17, 15) is 0 Å². The number of amidine groups is 1. The van der Waals surface area contributed by atoms with Crippen LogP contribution in [0.5, 0.6) is 0 Å². The quantitative estimate of drug-likeness (QED) is 0.695. The summed E-state index contributed by atoms with van der Waals surface area (Å²) in [6.07, 6.45) is 15.8. The third-order valence-electron chi connectivity index (χ3n) is 6.74. The molecule has 4 rings (SSSR count). The molecule has 2 aliphatic heterocycles. The summed E-state index contributed by atoms with van der Waals surface area (Å²) in [5.41, 5.74) is 5.77. The summed E-state index contributed by atoms with van der Waals surface area (Å²) < 4.78 is 5.62. The third kappa shape index (κ3) is 4.75. The molecule has 0 aromatic heterocycles. The Morgan fingerprint density at radius 3 is 2.73 bits per heavy atom. The molecule has 0 spiro atoms. The lowest BCUT2D eigenvalue weighted by molar-refractivity contribution is 0.154. The minimum atomic E-state index is 0.661. The summed E-state index contributed by atoms with van der Waals surface area (Å²) in [5, 5.41) is 4.59. The van der Waals surface area contributed by atoms with Crippen LogP contribution in [-0.2, 0) is 4.74 Å². The molecule has 0 aromatic carbocycles. The van der Waals surface area contributed by atoms with Gasteiger partial charge in [0.2, 0.25) is 0 Å². The highest BCUT2D eigenvalue weighted by molar-refractivity contribution is 5.85. The van der Waals surface area contributed by atoms with Crippen LogP contribution in [0.15, 0.2) is 52.6 Å². The van der Waals surface area contributed by atoms with E-state index in [-0.39, 0.29) is 0 Å². The van der Waals surface area contributed by atoms with E-state index >= 15 is 0 Å². The topological polar surface area (TPSA) is 43.3 Å². The van der Waals surface area contributed by atoms with Crippen molar-refractivity contribution < 1.29 is 4.74 Å². The Labute approximate surface area is 181 Å². The smallest absolute Gasteiger partial charge is 0.132 e. The van der Waals surface area contributed by atoms with Crippen molar-refractivity contribution in [2.75, 3.05) is 46.5 Å². The minimum Gasteiger partial charge on any atom is -0.499 e. The summed E-state index contributed by atoms with van der Waals surface area (Å²) in [5.74, 6) is 3.66. The molecule has 1 saturated heterocycles. The van der Waals surface area contributed by atoms with Gasteiger partial charge in [-0.15, -0.1) is 0 Å². The van der Waals surface area contributed by atoms with Crippen molar-refractivity contribution in [1.29, 1.82) is 0 Å². The normalized spacial score (nSPS) is 25.0. The molecule has 1 fully saturated rings. The molecule has 1 unspecified atom stereocenters. The SMILES string of the molecule is COC1=C(N2CCN(CCC3=NNCN3C3=CCC(C(C)C)C=C3)CC2)C=CCC1. The maximum absolute atomic E-state index is 5.62. The Hall–Kier alpha value is -2.21. The molecule has 0 bridgehead atoms. The van der Waals surface area contributed by atoms with Gasteiger partial charge < -0.3 is 14.5 Å². The fourth-order valence-corrected chi connectivity index (χ4v) is 4.69. The molecule has 1 N–H and O–H groups in total. The molecular formula is C24H37N5O. The first kappa shape index (κ1) is 21.0. The van der Waals surface area contributed by atoms with Gasteiger partial charge in [0.05, 0.1) is 12.8 Å². The highest BCUT2D eigenvalue weighted by Crippen LogP contribution is 2.26. The van der Waals surface area contributed by atoms with E-state index in [0.717, 1.165) is 76.7 Å². The Morgan fingerprint density at radius 2 is 2.03 bits per heavy atom. The summed E-state index contributed by atoms with van der Waals surface area (Å²) >= 11 is 0. The maximum Gasteiger partial charge on any atom is 0.132 e. The van der Waals surface area contributed by atoms with E-state index in [1.807, 2.05) is 0 Å². The molecule has 2 heterocycles. The molecule has 30 heavy (non-hydrogen) atoms. The van der Waals surface area contributed by atoms with Crippen molar-refractivity contribution in [3.05, 3.63) is 47.5 Å². The highest BCUT2D eigenvalue weighted by atomic mass is 16.5. The van der Waals surface area contributed by atoms with Crippen molar-refractivity contribution in [1.82, 2.24) is 20.1 Å². The van der Waals surface area contributed by atoms with Crippen molar-refractivity contribution in [2.24, 2.45) is 16.9 Å². The molecule has 0 saturated carbocycles. The Bertz CT molecular complexity index is 756. The third-order valence-corrected chi connectivity index (χ3v) is 6.74. The predicted molar refractivity (Wildman–Crippen MR) is 122 cm³/mol. The second kappa shape index (κ2) is 9.73. The van der Waals surface area contributed by atoms with Crippen LogP contribution in [0.25, 0.3) is 0 Å². The van der Waals surface area contributed by atoms with Gasteiger partial charge in [-0.3, -0.25) is 10.3 Å². The van der Waals surface area contributed by atoms with Gasteiger partial charge in [0.1, 0.15) is 18.3 Å². The van der Waals surface area contributed by atoms with Crippen LogP contribution >= 0.6 is 0 Å². The van der Waals surface area contributed by atoms with Gasteiger partial charge in [-0.25, -0.2) is 0 Å². The van der Waals surface area contributed by atoms with Crippen LogP contribution in [0.4, 0.5) is 0 Å². The van der Waals surface area contributed by atoms with Gasteiger partial charge in [0.25, 0.3) is 0 Å². The van der Waals surface area contributed by atoms with Crippen LogP contribution in [-0.4, -0.2) is 67.0 Å². The van der Waals surface area contributed by atoms with Gasteiger partial charge >= 0.3 is 0 Å². The van der Waals surface area contributed by atoms with E-state index in [0.29, 0.717) is 11.8 Å². The first-order valence-electron chi connectivity index (χ1n) is 11.5. The first-order valence-corrected chi connectivity index (χ1v) is 11.5. The standard InChI is InChI=1S/C24H37N5O/c1-19(2)20-8-10-21(11-9-20)29-18-25-26-24(29)12-13-27-14-16-28(17-15-27)22-6-4-5-7-23(22)30-3/h4,6,8,10-11,19-20,25H,5,7,9,12-18H2,1-3H3. The van der Waals surface area contributed by atoms with Crippen molar-refractivity contribution in [3.63, 3.8) is 0 Å². The van der Waals surface area contributed by atoms with Gasteiger partial charge in [-0.05, 0) is 36.8 Å². The number of hydrazone groups is 1. The summed E-state index contributed by atoms with van der Waals surface area (Å²) in [7, 11) is 1.80. The Morgan fingerprint density at radius 1 is 1.20 bits per heavy atom. The number of allylic oxidation sites excluding steroid dienone is 6. The fourth-order valence-electron chi connectivity index (χ4n) is 4.69. The average Bonchev–Trinajstić information content (AvgIpc) is 3.27. The number of hydrogen-bond donors (Lipinski definition) is 1. The molecule has 6 nitrogen and oxygen atoms in total. The van der Waals surface area contributed by atoms with Gasteiger partial charge in [0.15, 0.2) is 0 Å². The first-order chi connectivity index (χ1) is 14.7. The van der Waals surface area contributed by atoms with Crippen molar-refractivity contribution >= 4 is 5.84 Å². The number of rotatable bonds is 7. The second-order valence-electron chi connectivity index (χ2n) is 8.94. The number of hydrogen-bond acceptors (Lipinski definition) is 6. The summed E-state index contributed by atoms with van der Waals surface area (Å²) in [6, 6.07) is 0. The van der Waals surface area contributed by atoms with Crippen LogP contribution in [0, 0.1) is 11.8 Å². The monoisotopic (exact) mass is 411 g/mol. The zero-order valence-corrected chi connectivity index (χ0v) is 18.8. The predicted octanol–water partition coefficient (Wildman–Crippen LogP) is 3.49. The molecule has 6 heteroatoms. The molecule has 164 valence electrons. The number of piperazine rings is 1. The molecular weight excluding hydrogens is 374 g/mol. The molecule has 0 aromatic rings. The Kier molecular flexibility index (Phi) is 6.82. The number of ether oxygens (including phenoxy) is 1. The molecule has 1 atom stereocenters. The summed E-state index contributed by atoms with van der Waals surface area (Å²) in [4.78, 5) is 7.38. The number of nitrogens with zero attached hydrogens (tertiary/aromatic N) is 4. The highest BCUT2D eigenvalue weighted by Gasteiger charge is 2.25. The fraction of sp³-hybridized carbons (Fsp3) is 0.625. The summed E-state index contributed by atoms with van der Waals surface area (Å²) in [6.45, 7) is 10.7. The van der Waals surface area contributed by atoms with Gasteiger partial charge in [-0.2, -0.15) is 5.10 Å². The van der Waals surface area contributed by atoms with Gasteiger partial charge in [-0.1, -0.05) is 32.1 Å². The van der Waals surface area contributed by atoms with E-state index in [4.69, 9.17) is 4.74 Å². The lowest BCUT2D eigenvalue weighted by atomic mass is 9.89. The van der Waals surface area contributed by atoms with E-state index in [1.165, 1.54) is 11.4 Å². The zero-order valence-electron chi connectivity index (χ0n) is 18.8.